The summed E-state index contributed by atoms with van der Waals surface area (Å²) in [7, 11) is 0. The first-order valence-electron chi connectivity index (χ1n) is 2.39. The molecular weight excluding hydrogens is 160 g/mol. The molecule has 0 bridgehead atoms. The predicted octanol–water partition coefficient (Wildman–Crippen LogP) is 0.728. The van der Waals surface area contributed by atoms with Crippen LogP contribution in [0.4, 0.5) is 0 Å². The molecule has 62 valence electrons. The monoisotopic (exact) mass is 170 g/mol. The molecule has 0 spiro atoms. The van der Waals surface area contributed by atoms with E-state index < -0.39 is 5.97 Å². The topological polar surface area (TPSA) is 87.0 Å². The standard InChI is InChI=1S/C4H8O2S.H2O3/c1-3(7)2-4(5)6;1-3-2/h3,7H,2H2,1H3,(H,5,6);1-2H. The molecule has 0 aliphatic rings. The number of carbonyl (C=O) groups is 1. The summed E-state index contributed by atoms with van der Waals surface area (Å²) < 4.78 is 0. The van der Waals surface area contributed by atoms with Gasteiger partial charge in [-0.1, -0.05) is 12.0 Å². The molecule has 0 aliphatic heterocycles. The summed E-state index contributed by atoms with van der Waals surface area (Å²) in [6, 6.07) is 0. The number of hydrogen-bond acceptors (Lipinski definition) is 5. The molecule has 0 aromatic heterocycles. The Bertz CT molecular complexity index is 83.7. The lowest BCUT2D eigenvalue weighted by Crippen LogP contribution is -2.01. The largest absolute Gasteiger partial charge is 0.481 e. The van der Waals surface area contributed by atoms with Gasteiger partial charge in [0.05, 0.1) is 6.42 Å². The van der Waals surface area contributed by atoms with E-state index in [0.29, 0.717) is 0 Å². The first-order valence-corrected chi connectivity index (χ1v) is 2.91. The Hall–Kier alpha value is -0.300. The van der Waals surface area contributed by atoms with Crippen LogP contribution in [-0.2, 0) is 9.83 Å². The van der Waals surface area contributed by atoms with Crippen LogP contribution in [0.1, 0.15) is 13.3 Å². The van der Waals surface area contributed by atoms with Gasteiger partial charge in [-0.05, 0) is 0 Å². The zero-order chi connectivity index (χ0) is 8.57. The van der Waals surface area contributed by atoms with Gasteiger partial charge in [-0.15, -0.1) is 0 Å². The van der Waals surface area contributed by atoms with Crippen molar-refractivity contribution in [2.24, 2.45) is 0 Å². The summed E-state index contributed by atoms with van der Waals surface area (Å²) >= 11 is 3.86. The Morgan fingerprint density at radius 3 is 2.00 bits per heavy atom. The molecule has 5 nitrogen and oxygen atoms in total. The van der Waals surface area contributed by atoms with Crippen molar-refractivity contribution in [3.8, 4) is 0 Å². The summed E-state index contributed by atoms with van der Waals surface area (Å²) in [5, 5.41) is 23.5. The van der Waals surface area contributed by atoms with Crippen LogP contribution in [0.15, 0.2) is 0 Å². The van der Waals surface area contributed by atoms with Crippen molar-refractivity contribution in [2.45, 2.75) is 18.6 Å². The lowest BCUT2D eigenvalue weighted by Gasteiger charge is -1.93. The van der Waals surface area contributed by atoms with Crippen molar-refractivity contribution in [3.63, 3.8) is 0 Å². The summed E-state index contributed by atoms with van der Waals surface area (Å²) in [5.41, 5.74) is 0. The Morgan fingerprint density at radius 2 is 2.00 bits per heavy atom. The minimum atomic E-state index is -0.789. The Kier molecular flexibility index (Phi) is 10.8. The number of hydrogen-bond donors (Lipinski definition) is 4. The molecule has 6 heteroatoms. The fourth-order valence-corrected chi connectivity index (χ4v) is 0.409. The highest BCUT2D eigenvalue weighted by atomic mass is 32.1. The van der Waals surface area contributed by atoms with E-state index in [9.17, 15) is 4.79 Å². The highest BCUT2D eigenvalue weighted by molar-refractivity contribution is 7.80. The Labute approximate surface area is 63.5 Å². The van der Waals surface area contributed by atoms with Crippen LogP contribution in [0, 0.1) is 0 Å². The van der Waals surface area contributed by atoms with E-state index >= 15 is 0 Å². The van der Waals surface area contributed by atoms with Gasteiger partial charge < -0.3 is 5.11 Å². The fraction of sp³-hybridized carbons (Fsp3) is 0.750. The van der Waals surface area contributed by atoms with Crippen LogP contribution in [-0.4, -0.2) is 26.8 Å². The molecule has 0 saturated heterocycles. The maximum absolute atomic E-state index is 9.76. The second-order valence-corrected chi connectivity index (χ2v) is 2.41. The molecule has 0 radical (unpaired) electrons. The lowest BCUT2D eigenvalue weighted by atomic mass is 10.3. The molecule has 10 heavy (non-hydrogen) atoms. The molecule has 0 aromatic carbocycles. The van der Waals surface area contributed by atoms with E-state index in [1.807, 2.05) is 0 Å². The van der Waals surface area contributed by atoms with E-state index in [2.05, 4.69) is 17.7 Å². The van der Waals surface area contributed by atoms with Crippen LogP contribution in [0.25, 0.3) is 0 Å². The number of aliphatic carboxylic acids is 1. The first kappa shape index (κ1) is 12.4. The molecule has 1 unspecified atom stereocenters. The Balaban J connectivity index is 0. The third-order valence-corrected chi connectivity index (χ3v) is 0.653. The second-order valence-electron chi connectivity index (χ2n) is 1.53. The van der Waals surface area contributed by atoms with E-state index in [0.717, 1.165) is 0 Å². The van der Waals surface area contributed by atoms with Crippen molar-refractivity contribution in [1.82, 2.24) is 0 Å². The van der Waals surface area contributed by atoms with Crippen molar-refractivity contribution < 1.29 is 25.5 Å². The van der Waals surface area contributed by atoms with E-state index in [1.165, 1.54) is 0 Å². The normalized spacial score (nSPS) is 11.2. The highest BCUT2D eigenvalue weighted by Gasteiger charge is 1.99. The first-order chi connectivity index (χ1) is 4.54. The van der Waals surface area contributed by atoms with Gasteiger partial charge in [0.15, 0.2) is 0 Å². The zero-order valence-electron chi connectivity index (χ0n) is 5.39. The summed E-state index contributed by atoms with van der Waals surface area (Å²) in [6.07, 6.45) is 0.142. The minimum Gasteiger partial charge on any atom is -0.481 e. The van der Waals surface area contributed by atoms with Gasteiger partial charge in [-0.3, -0.25) is 4.79 Å². The van der Waals surface area contributed by atoms with Crippen LogP contribution < -0.4 is 0 Å². The second kappa shape index (κ2) is 8.70. The average Bonchev–Trinajstić information content (AvgIpc) is 1.62. The van der Waals surface area contributed by atoms with E-state index in [1.54, 1.807) is 6.92 Å². The molecule has 0 heterocycles. The maximum atomic E-state index is 9.76. The number of rotatable bonds is 2. The number of carboxylic acid groups (broad SMARTS) is 1. The summed E-state index contributed by atoms with van der Waals surface area (Å²) in [5.74, 6) is -0.789. The van der Waals surface area contributed by atoms with Crippen molar-refractivity contribution in [3.05, 3.63) is 0 Å². The van der Waals surface area contributed by atoms with Crippen molar-refractivity contribution in [2.75, 3.05) is 0 Å². The van der Waals surface area contributed by atoms with Gasteiger partial charge in [0.25, 0.3) is 0 Å². The van der Waals surface area contributed by atoms with E-state index in [4.69, 9.17) is 15.6 Å². The van der Waals surface area contributed by atoms with Gasteiger partial charge in [0.1, 0.15) is 0 Å². The summed E-state index contributed by atoms with van der Waals surface area (Å²) in [6.45, 7) is 1.75. The molecule has 1 atom stereocenters. The molecule has 0 aromatic rings. The smallest absolute Gasteiger partial charge is 0.304 e. The molecular formula is C4H10O5S. The van der Waals surface area contributed by atoms with Crippen LogP contribution in [0.3, 0.4) is 0 Å². The average molecular weight is 170 g/mol. The zero-order valence-corrected chi connectivity index (χ0v) is 6.28. The third-order valence-electron chi connectivity index (χ3n) is 0.470. The van der Waals surface area contributed by atoms with Gasteiger partial charge >= 0.3 is 5.97 Å². The fourth-order valence-electron chi connectivity index (χ4n) is 0.253. The maximum Gasteiger partial charge on any atom is 0.304 e. The van der Waals surface area contributed by atoms with E-state index in [-0.39, 0.29) is 11.7 Å². The third kappa shape index (κ3) is 25.2. The summed E-state index contributed by atoms with van der Waals surface area (Å²) in [4.78, 5) is 9.76. The van der Waals surface area contributed by atoms with Gasteiger partial charge in [-0.2, -0.15) is 12.6 Å². The van der Waals surface area contributed by atoms with Gasteiger partial charge in [0.2, 0.25) is 0 Å². The SMILES string of the molecule is CC(S)CC(=O)O.OOO. The van der Waals surface area contributed by atoms with Gasteiger partial charge in [-0.25, -0.2) is 10.5 Å². The lowest BCUT2D eigenvalue weighted by molar-refractivity contribution is -0.465. The molecule has 0 saturated carbocycles. The molecule has 0 amide bonds. The van der Waals surface area contributed by atoms with Crippen molar-refractivity contribution in [1.29, 1.82) is 0 Å². The molecule has 0 fully saturated rings. The molecule has 0 rings (SSSR count). The van der Waals surface area contributed by atoms with Crippen LogP contribution in [0.5, 0.6) is 0 Å². The highest BCUT2D eigenvalue weighted by Crippen LogP contribution is 1.96. The van der Waals surface area contributed by atoms with Crippen LogP contribution in [0.2, 0.25) is 0 Å². The number of carboxylic acids is 1. The Morgan fingerprint density at radius 1 is 1.70 bits per heavy atom. The quantitative estimate of drug-likeness (QED) is 0.279. The van der Waals surface area contributed by atoms with Gasteiger partial charge in [0, 0.05) is 5.25 Å². The number of thiol groups is 1. The molecule has 3 N–H and O–H groups in total. The van der Waals surface area contributed by atoms with Crippen molar-refractivity contribution >= 4 is 18.6 Å². The predicted molar refractivity (Wildman–Crippen MR) is 37.0 cm³/mol. The molecule has 0 aliphatic carbocycles. The van der Waals surface area contributed by atoms with Crippen LogP contribution >= 0.6 is 12.6 Å². The minimum absolute atomic E-state index is 0.0301.